The van der Waals surface area contributed by atoms with Gasteiger partial charge >= 0.3 is 0 Å². The largest absolute Gasteiger partial charge is 0.350 e. The van der Waals surface area contributed by atoms with Crippen molar-refractivity contribution in [1.82, 2.24) is 15.0 Å². The standard InChI is InChI=1S/C15H14N4O2S3/c20-24(21)6-2-11(9-24)18-15-17-7-12(10-1-4-22-8-10)13(19-15)14-16-3-5-23-14/h1,3-5,7-8,11H,2,6,9H2,(H,17,18,19). The van der Waals surface area contributed by atoms with Gasteiger partial charge in [0.25, 0.3) is 0 Å². The van der Waals surface area contributed by atoms with Crippen molar-refractivity contribution in [3.05, 3.63) is 34.6 Å². The van der Waals surface area contributed by atoms with E-state index in [2.05, 4.69) is 20.3 Å². The lowest BCUT2D eigenvalue weighted by Gasteiger charge is -2.12. The van der Waals surface area contributed by atoms with Crippen LogP contribution in [-0.4, -0.2) is 40.9 Å². The normalized spacial score (nSPS) is 19.4. The fourth-order valence-corrected chi connectivity index (χ4v) is 5.64. The van der Waals surface area contributed by atoms with Crippen molar-refractivity contribution in [3.8, 4) is 21.8 Å². The van der Waals surface area contributed by atoms with Gasteiger partial charge in [-0.25, -0.2) is 23.4 Å². The molecule has 0 radical (unpaired) electrons. The third kappa shape index (κ3) is 3.19. The van der Waals surface area contributed by atoms with E-state index in [0.717, 1.165) is 21.8 Å². The third-order valence-electron chi connectivity index (χ3n) is 3.82. The van der Waals surface area contributed by atoms with Gasteiger partial charge in [0, 0.05) is 29.4 Å². The molecule has 0 spiro atoms. The molecule has 1 N–H and O–H groups in total. The van der Waals surface area contributed by atoms with E-state index in [0.29, 0.717) is 12.4 Å². The van der Waals surface area contributed by atoms with Crippen LogP contribution in [0.2, 0.25) is 0 Å². The van der Waals surface area contributed by atoms with Crippen molar-refractivity contribution in [3.63, 3.8) is 0 Å². The first-order chi connectivity index (χ1) is 11.6. The average molecular weight is 379 g/mol. The van der Waals surface area contributed by atoms with Gasteiger partial charge in [-0.2, -0.15) is 11.3 Å². The summed E-state index contributed by atoms with van der Waals surface area (Å²) in [6, 6.07) is 1.89. The lowest BCUT2D eigenvalue weighted by atomic mass is 10.1. The summed E-state index contributed by atoms with van der Waals surface area (Å²) in [5.74, 6) is 0.799. The molecular formula is C15H14N4O2S3. The molecule has 3 aromatic heterocycles. The van der Waals surface area contributed by atoms with Crippen LogP contribution >= 0.6 is 22.7 Å². The second-order valence-electron chi connectivity index (χ2n) is 5.55. The van der Waals surface area contributed by atoms with Crippen LogP contribution in [0.5, 0.6) is 0 Å². The Kier molecular flexibility index (Phi) is 4.07. The molecule has 4 heterocycles. The second-order valence-corrected chi connectivity index (χ2v) is 9.45. The van der Waals surface area contributed by atoms with Crippen LogP contribution in [0.4, 0.5) is 5.95 Å². The maximum absolute atomic E-state index is 11.6. The first-order valence-electron chi connectivity index (χ1n) is 7.37. The van der Waals surface area contributed by atoms with Crippen LogP contribution in [0, 0.1) is 0 Å². The second kappa shape index (κ2) is 6.23. The SMILES string of the molecule is O=S1(=O)CCC(Nc2ncc(-c3ccsc3)c(-c3nccs3)n2)C1. The number of anilines is 1. The summed E-state index contributed by atoms with van der Waals surface area (Å²) in [6.45, 7) is 0. The van der Waals surface area contributed by atoms with Gasteiger partial charge in [0.1, 0.15) is 10.7 Å². The minimum absolute atomic E-state index is 0.133. The Bertz CT molecular complexity index is 937. The summed E-state index contributed by atoms with van der Waals surface area (Å²) in [6.07, 6.45) is 4.11. The summed E-state index contributed by atoms with van der Waals surface area (Å²) in [5.41, 5.74) is 2.75. The Labute approximate surface area is 147 Å². The maximum atomic E-state index is 11.6. The zero-order valence-electron chi connectivity index (χ0n) is 12.5. The highest BCUT2D eigenvalue weighted by Crippen LogP contribution is 2.33. The molecule has 3 aromatic rings. The molecular weight excluding hydrogens is 364 g/mol. The number of hydrogen-bond acceptors (Lipinski definition) is 8. The number of hydrogen-bond donors (Lipinski definition) is 1. The Morgan fingerprint density at radius 2 is 2.17 bits per heavy atom. The van der Waals surface area contributed by atoms with Gasteiger partial charge in [-0.1, -0.05) is 0 Å². The van der Waals surface area contributed by atoms with Gasteiger partial charge in [-0.3, -0.25) is 0 Å². The first-order valence-corrected chi connectivity index (χ1v) is 11.0. The molecule has 1 saturated heterocycles. The lowest BCUT2D eigenvalue weighted by Crippen LogP contribution is -2.22. The molecule has 24 heavy (non-hydrogen) atoms. The molecule has 0 aromatic carbocycles. The van der Waals surface area contributed by atoms with Crippen molar-refractivity contribution < 1.29 is 8.42 Å². The van der Waals surface area contributed by atoms with Gasteiger partial charge in [-0.05, 0) is 28.8 Å². The van der Waals surface area contributed by atoms with E-state index in [1.807, 2.05) is 22.2 Å². The molecule has 0 saturated carbocycles. The molecule has 1 fully saturated rings. The van der Waals surface area contributed by atoms with E-state index in [1.54, 1.807) is 23.7 Å². The Hall–Kier alpha value is -1.84. The quantitative estimate of drug-likeness (QED) is 0.751. The third-order valence-corrected chi connectivity index (χ3v) is 7.05. The van der Waals surface area contributed by atoms with Gasteiger partial charge in [0.15, 0.2) is 9.84 Å². The highest BCUT2D eigenvalue weighted by atomic mass is 32.2. The molecule has 9 heteroatoms. The smallest absolute Gasteiger partial charge is 0.223 e. The van der Waals surface area contributed by atoms with Crippen LogP contribution in [0.15, 0.2) is 34.6 Å². The highest BCUT2D eigenvalue weighted by molar-refractivity contribution is 7.91. The highest BCUT2D eigenvalue weighted by Gasteiger charge is 2.28. The van der Waals surface area contributed by atoms with E-state index in [4.69, 9.17) is 0 Å². The monoisotopic (exact) mass is 378 g/mol. The minimum atomic E-state index is -2.94. The zero-order valence-corrected chi connectivity index (χ0v) is 15.0. The Balaban J connectivity index is 1.69. The molecule has 1 aliphatic rings. The number of sulfone groups is 1. The first kappa shape index (κ1) is 15.7. The van der Waals surface area contributed by atoms with Crippen LogP contribution in [0.25, 0.3) is 21.8 Å². The number of rotatable bonds is 4. The summed E-state index contributed by atoms with van der Waals surface area (Å²) in [4.78, 5) is 13.4. The summed E-state index contributed by atoms with van der Waals surface area (Å²) in [7, 11) is -2.94. The van der Waals surface area contributed by atoms with Crippen LogP contribution in [0.1, 0.15) is 6.42 Å². The van der Waals surface area contributed by atoms with E-state index in [1.165, 1.54) is 11.3 Å². The Morgan fingerprint density at radius 3 is 2.83 bits per heavy atom. The molecule has 6 nitrogen and oxygen atoms in total. The minimum Gasteiger partial charge on any atom is -0.350 e. The fraction of sp³-hybridized carbons (Fsp3) is 0.267. The van der Waals surface area contributed by atoms with Gasteiger partial charge in [0.2, 0.25) is 5.95 Å². The van der Waals surface area contributed by atoms with Gasteiger partial charge < -0.3 is 5.32 Å². The molecule has 0 amide bonds. The molecule has 1 aliphatic heterocycles. The van der Waals surface area contributed by atoms with E-state index in [9.17, 15) is 8.42 Å². The molecule has 1 unspecified atom stereocenters. The number of thiophene rings is 1. The van der Waals surface area contributed by atoms with Gasteiger partial charge in [-0.15, -0.1) is 11.3 Å². The van der Waals surface area contributed by atoms with Crippen molar-refractivity contribution in [2.45, 2.75) is 12.5 Å². The molecule has 0 bridgehead atoms. The van der Waals surface area contributed by atoms with Crippen molar-refractivity contribution in [1.29, 1.82) is 0 Å². The zero-order chi connectivity index (χ0) is 16.6. The van der Waals surface area contributed by atoms with Crippen molar-refractivity contribution in [2.24, 2.45) is 0 Å². The van der Waals surface area contributed by atoms with Crippen LogP contribution in [-0.2, 0) is 9.84 Å². The average Bonchev–Trinajstić information content (AvgIpc) is 3.29. The molecule has 4 rings (SSSR count). The predicted octanol–water partition coefficient (Wildman–Crippen LogP) is 2.93. The molecule has 1 atom stereocenters. The number of aromatic nitrogens is 3. The predicted molar refractivity (Wildman–Crippen MR) is 97.1 cm³/mol. The molecule has 124 valence electrons. The van der Waals surface area contributed by atoms with Gasteiger partial charge in [0.05, 0.1) is 11.5 Å². The summed E-state index contributed by atoms with van der Waals surface area (Å²) < 4.78 is 23.2. The van der Waals surface area contributed by atoms with Crippen molar-refractivity contribution in [2.75, 3.05) is 16.8 Å². The topological polar surface area (TPSA) is 84.8 Å². The maximum Gasteiger partial charge on any atom is 0.223 e. The summed E-state index contributed by atoms with van der Waals surface area (Å²) >= 11 is 3.13. The number of nitrogens with zero attached hydrogens (tertiary/aromatic N) is 3. The van der Waals surface area contributed by atoms with E-state index >= 15 is 0 Å². The van der Waals surface area contributed by atoms with Crippen LogP contribution in [0.3, 0.4) is 0 Å². The molecule has 0 aliphatic carbocycles. The summed E-state index contributed by atoms with van der Waals surface area (Å²) in [5, 5.41) is 9.94. The number of thiazole rings is 1. The van der Waals surface area contributed by atoms with E-state index < -0.39 is 9.84 Å². The number of nitrogens with one attached hydrogen (secondary N) is 1. The fourth-order valence-electron chi connectivity index (χ4n) is 2.68. The van der Waals surface area contributed by atoms with Crippen LogP contribution < -0.4 is 5.32 Å². The lowest BCUT2D eigenvalue weighted by molar-refractivity contribution is 0.602. The Morgan fingerprint density at radius 1 is 1.25 bits per heavy atom. The van der Waals surface area contributed by atoms with E-state index in [-0.39, 0.29) is 17.5 Å². The van der Waals surface area contributed by atoms with Crippen molar-refractivity contribution >= 4 is 38.5 Å².